The molecular weight excluding hydrogens is 420 g/mol. The maximum absolute atomic E-state index is 12.2. The van der Waals surface area contributed by atoms with Crippen molar-refractivity contribution in [3.8, 4) is 11.5 Å². The predicted octanol–water partition coefficient (Wildman–Crippen LogP) is 3.45. The first-order chi connectivity index (χ1) is 16.0. The van der Waals surface area contributed by atoms with Gasteiger partial charge < -0.3 is 20.0 Å². The summed E-state index contributed by atoms with van der Waals surface area (Å²) in [6.45, 7) is 1.96. The van der Waals surface area contributed by atoms with Gasteiger partial charge in [-0.2, -0.15) is 0 Å². The van der Waals surface area contributed by atoms with Gasteiger partial charge in [0.2, 0.25) is 17.4 Å². The predicted molar refractivity (Wildman–Crippen MR) is 124 cm³/mol. The van der Waals surface area contributed by atoms with Crippen molar-refractivity contribution in [2.45, 2.75) is 19.9 Å². The molecule has 0 atom stereocenters. The van der Waals surface area contributed by atoms with Gasteiger partial charge in [-0.15, -0.1) is 0 Å². The Labute approximate surface area is 189 Å². The number of amides is 2. The molecule has 8 nitrogen and oxygen atoms in total. The molecule has 2 amide bonds. The summed E-state index contributed by atoms with van der Waals surface area (Å²) in [4.78, 5) is 42.5. The average molecular weight is 442 g/mol. The van der Waals surface area contributed by atoms with E-state index >= 15 is 0 Å². The monoisotopic (exact) mass is 442 g/mol. The zero-order valence-electron chi connectivity index (χ0n) is 17.9. The van der Waals surface area contributed by atoms with Crippen molar-refractivity contribution in [2.24, 2.45) is 0 Å². The summed E-state index contributed by atoms with van der Waals surface area (Å²) < 4.78 is 5.76. The number of hydrogen-bond donors (Lipinski definition) is 3. The van der Waals surface area contributed by atoms with Crippen LogP contribution in [0.4, 0.5) is 5.69 Å². The number of hydrogen-bond acceptors (Lipinski definition) is 5. The van der Waals surface area contributed by atoms with E-state index in [0.717, 1.165) is 11.1 Å². The van der Waals surface area contributed by atoms with Crippen LogP contribution in [0.2, 0.25) is 0 Å². The number of nitrogens with zero attached hydrogens (tertiary/aromatic N) is 1. The van der Waals surface area contributed by atoms with Gasteiger partial charge in [-0.25, -0.2) is 4.98 Å². The van der Waals surface area contributed by atoms with Gasteiger partial charge in [0.05, 0.1) is 18.5 Å². The van der Waals surface area contributed by atoms with Crippen molar-refractivity contribution in [1.29, 1.82) is 0 Å². The molecule has 0 unspecified atom stereocenters. The van der Waals surface area contributed by atoms with Gasteiger partial charge in [-0.3, -0.25) is 14.4 Å². The van der Waals surface area contributed by atoms with Crippen LogP contribution in [-0.2, 0) is 17.8 Å². The number of aromatic nitrogens is 2. The first-order valence-electron chi connectivity index (χ1n) is 10.4. The third-order valence-corrected chi connectivity index (χ3v) is 4.98. The first-order valence-corrected chi connectivity index (χ1v) is 10.4. The fraction of sp³-hybridized carbons (Fsp3) is 0.120. The lowest BCUT2D eigenvalue weighted by Gasteiger charge is -2.06. The van der Waals surface area contributed by atoms with Crippen LogP contribution >= 0.6 is 0 Å². The molecular formula is C25H22N4O4. The first kappa shape index (κ1) is 21.8. The van der Waals surface area contributed by atoms with Crippen molar-refractivity contribution in [3.05, 3.63) is 106 Å². The third kappa shape index (κ3) is 5.62. The second-order valence-corrected chi connectivity index (χ2v) is 7.43. The summed E-state index contributed by atoms with van der Waals surface area (Å²) in [6.07, 6.45) is 1.66. The molecule has 0 spiro atoms. The van der Waals surface area contributed by atoms with E-state index in [0.29, 0.717) is 35.0 Å². The van der Waals surface area contributed by atoms with E-state index in [1.165, 1.54) is 18.3 Å². The average Bonchev–Trinajstić information content (AvgIpc) is 3.19. The minimum absolute atomic E-state index is 0.0959. The normalized spacial score (nSPS) is 10.6. The van der Waals surface area contributed by atoms with Crippen LogP contribution in [0.25, 0.3) is 11.5 Å². The Morgan fingerprint density at radius 2 is 1.76 bits per heavy atom. The minimum Gasteiger partial charge on any atom is -0.441 e. The van der Waals surface area contributed by atoms with Crippen LogP contribution in [0.1, 0.15) is 27.4 Å². The van der Waals surface area contributed by atoms with Crippen molar-refractivity contribution in [3.63, 3.8) is 0 Å². The topological polar surface area (TPSA) is 117 Å². The van der Waals surface area contributed by atoms with E-state index < -0.39 is 0 Å². The van der Waals surface area contributed by atoms with Crippen LogP contribution in [0.15, 0.2) is 82.1 Å². The summed E-state index contributed by atoms with van der Waals surface area (Å²) in [5.41, 5.74) is 3.05. The third-order valence-electron chi connectivity index (χ3n) is 4.98. The molecule has 0 aliphatic carbocycles. The SMILES string of the molecule is Cc1oc(-c2ccc(NC(=O)Cc3ccccc3)cc2)nc1CNC(=O)c1ccc(=O)[nH]c1. The van der Waals surface area contributed by atoms with Crippen molar-refractivity contribution < 1.29 is 14.0 Å². The minimum atomic E-state index is -0.328. The number of H-pyrrole nitrogens is 1. The van der Waals surface area contributed by atoms with E-state index in [9.17, 15) is 14.4 Å². The summed E-state index contributed by atoms with van der Waals surface area (Å²) in [5.74, 6) is 0.585. The molecule has 2 heterocycles. The van der Waals surface area contributed by atoms with Gasteiger partial charge in [0.25, 0.3) is 5.91 Å². The van der Waals surface area contributed by atoms with Crippen molar-refractivity contribution in [1.82, 2.24) is 15.3 Å². The van der Waals surface area contributed by atoms with Gasteiger partial charge in [-0.1, -0.05) is 30.3 Å². The molecule has 33 heavy (non-hydrogen) atoms. The zero-order chi connectivity index (χ0) is 23.2. The molecule has 4 rings (SSSR count). The molecule has 0 saturated heterocycles. The Hall–Kier alpha value is -4.46. The Bertz CT molecular complexity index is 1300. The Kier molecular flexibility index (Phi) is 6.45. The number of carbonyl (C=O) groups excluding carboxylic acids is 2. The standard InChI is InChI=1S/C25H22N4O4/c1-16-21(15-27-24(32)19-9-12-22(30)26-14-19)29-25(33-16)18-7-10-20(11-8-18)28-23(31)13-17-5-3-2-4-6-17/h2-12,14H,13,15H2,1H3,(H,26,30)(H,27,32)(H,28,31). The number of pyridine rings is 1. The summed E-state index contributed by atoms with van der Waals surface area (Å²) in [6, 6.07) is 19.5. The molecule has 2 aromatic heterocycles. The van der Waals surface area contributed by atoms with Gasteiger partial charge in [0.1, 0.15) is 11.5 Å². The van der Waals surface area contributed by atoms with Gasteiger partial charge in [0, 0.05) is 23.5 Å². The van der Waals surface area contributed by atoms with Crippen molar-refractivity contribution in [2.75, 3.05) is 5.32 Å². The quantitative estimate of drug-likeness (QED) is 0.405. The highest BCUT2D eigenvalue weighted by Gasteiger charge is 2.14. The second kappa shape index (κ2) is 9.78. The summed E-state index contributed by atoms with van der Waals surface area (Å²) in [7, 11) is 0. The number of carbonyl (C=O) groups is 2. The molecule has 4 aromatic rings. The molecule has 166 valence electrons. The van der Waals surface area contributed by atoms with E-state index in [1.54, 1.807) is 19.1 Å². The van der Waals surface area contributed by atoms with Crippen molar-refractivity contribution >= 4 is 17.5 Å². The fourth-order valence-corrected chi connectivity index (χ4v) is 3.22. The Balaban J connectivity index is 1.37. The molecule has 0 fully saturated rings. The molecule has 8 heteroatoms. The molecule has 2 aromatic carbocycles. The molecule has 0 aliphatic heterocycles. The Morgan fingerprint density at radius 3 is 2.45 bits per heavy atom. The van der Waals surface area contributed by atoms with Crippen LogP contribution in [-0.4, -0.2) is 21.8 Å². The van der Waals surface area contributed by atoms with Crippen LogP contribution in [0, 0.1) is 6.92 Å². The number of aromatic amines is 1. The molecule has 0 bridgehead atoms. The van der Waals surface area contributed by atoms with Gasteiger partial charge in [-0.05, 0) is 42.8 Å². The number of benzene rings is 2. The number of oxazole rings is 1. The van der Waals surface area contributed by atoms with E-state index in [2.05, 4.69) is 20.6 Å². The van der Waals surface area contributed by atoms with Crippen LogP contribution in [0.3, 0.4) is 0 Å². The molecule has 3 N–H and O–H groups in total. The maximum Gasteiger partial charge on any atom is 0.253 e. The lowest BCUT2D eigenvalue weighted by molar-refractivity contribution is -0.115. The lowest BCUT2D eigenvalue weighted by Crippen LogP contribution is -2.24. The second-order valence-electron chi connectivity index (χ2n) is 7.43. The van der Waals surface area contributed by atoms with Gasteiger partial charge >= 0.3 is 0 Å². The summed E-state index contributed by atoms with van der Waals surface area (Å²) in [5, 5.41) is 5.64. The number of anilines is 1. The summed E-state index contributed by atoms with van der Waals surface area (Å²) >= 11 is 0. The largest absolute Gasteiger partial charge is 0.441 e. The highest BCUT2D eigenvalue weighted by atomic mass is 16.4. The Morgan fingerprint density at radius 1 is 1.00 bits per heavy atom. The van der Waals surface area contributed by atoms with Crippen LogP contribution in [0.5, 0.6) is 0 Å². The van der Waals surface area contributed by atoms with Gasteiger partial charge in [0.15, 0.2) is 0 Å². The lowest BCUT2D eigenvalue weighted by atomic mass is 10.1. The number of rotatable bonds is 7. The van der Waals surface area contributed by atoms with E-state index in [4.69, 9.17) is 4.42 Å². The molecule has 0 radical (unpaired) electrons. The highest BCUT2D eigenvalue weighted by molar-refractivity contribution is 5.93. The molecule has 0 aliphatic rings. The van der Waals surface area contributed by atoms with E-state index in [-0.39, 0.29) is 23.9 Å². The maximum atomic E-state index is 12.2. The highest BCUT2D eigenvalue weighted by Crippen LogP contribution is 2.23. The smallest absolute Gasteiger partial charge is 0.253 e. The van der Waals surface area contributed by atoms with Crippen LogP contribution < -0.4 is 16.2 Å². The fourth-order valence-electron chi connectivity index (χ4n) is 3.22. The molecule has 0 saturated carbocycles. The number of aryl methyl sites for hydroxylation is 1. The number of nitrogens with one attached hydrogen (secondary N) is 3. The zero-order valence-corrected chi connectivity index (χ0v) is 17.9. The van der Waals surface area contributed by atoms with E-state index in [1.807, 2.05) is 42.5 Å².